The van der Waals surface area contributed by atoms with Crippen LogP contribution in [0.2, 0.25) is 0 Å². The highest BCUT2D eigenvalue weighted by Gasteiger charge is 2.21. The van der Waals surface area contributed by atoms with Crippen LogP contribution >= 0.6 is 0 Å². The SMILES string of the molecule is c1ccc(-c2ccc3c4ccc(-c5oc(-c6ccccc6-c6ccccc6)c6ccccc56)cc4n(-c4ccccc4)c3c2)cc1. The topological polar surface area (TPSA) is 18.1 Å². The lowest BCUT2D eigenvalue weighted by Gasteiger charge is -2.10. The number of fused-ring (bicyclic) bond motifs is 4. The van der Waals surface area contributed by atoms with E-state index in [2.05, 4.69) is 180 Å². The molecule has 0 spiro atoms. The smallest absolute Gasteiger partial charge is 0.143 e. The number of furan rings is 1. The van der Waals surface area contributed by atoms with Crippen LogP contribution in [0.4, 0.5) is 0 Å². The quantitative estimate of drug-likeness (QED) is 0.196. The molecule has 9 aromatic rings. The van der Waals surface area contributed by atoms with Crippen molar-refractivity contribution in [3.05, 3.63) is 176 Å². The molecule has 0 N–H and O–H groups in total. The molecule has 0 saturated carbocycles. The van der Waals surface area contributed by atoms with E-state index in [0.29, 0.717) is 0 Å². The third kappa shape index (κ3) is 4.27. The standard InChI is InChI=1S/C44H29NO/c1-4-14-30(15-5-1)32-24-26-36-37-27-25-33(29-42(37)45(41(36)28-32)34-18-8-3-9-19-34)43-39-22-12-13-23-40(39)44(46-43)38-21-11-10-20-35(38)31-16-6-2-7-17-31/h1-29H. The van der Waals surface area contributed by atoms with Gasteiger partial charge in [-0.2, -0.15) is 0 Å². The molecular weight excluding hydrogens is 558 g/mol. The second-order valence-corrected chi connectivity index (χ2v) is 11.7. The van der Waals surface area contributed by atoms with Crippen LogP contribution in [-0.4, -0.2) is 4.57 Å². The molecular formula is C44H29NO. The Labute approximate surface area is 267 Å². The van der Waals surface area contributed by atoms with Crippen LogP contribution in [0.25, 0.3) is 83.2 Å². The van der Waals surface area contributed by atoms with Gasteiger partial charge in [-0.05, 0) is 46.5 Å². The van der Waals surface area contributed by atoms with Gasteiger partial charge in [0.1, 0.15) is 11.5 Å². The summed E-state index contributed by atoms with van der Waals surface area (Å²) in [6, 6.07) is 62.4. The van der Waals surface area contributed by atoms with Crippen molar-refractivity contribution in [2.45, 2.75) is 0 Å². The van der Waals surface area contributed by atoms with Crippen LogP contribution in [0.15, 0.2) is 180 Å². The second-order valence-electron chi connectivity index (χ2n) is 11.7. The van der Waals surface area contributed by atoms with E-state index >= 15 is 0 Å². The summed E-state index contributed by atoms with van der Waals surface area (Å²) in [5.41, 5.74) is 10.3. The molecule has 0 saturated heterocycles. The van der Waals surface area contributed by atoms with E-state index in [9.17, 15) is 0 Å². The summed E-state index contributed by atoms with van der Waals surface area (Å²) in [5, 5.41) is 4.66. The fraction of sp³-hybridized carbons (Fsp3) is 0. The molecule has 0 radical (unpaired) electrons. The monoisotopic (exact) mass is 587 g/mol. The van der Waals surface area contributed by atoms with Gasteiger partial charge in [0, 0.05) is 38.4 Å². The maximum Gasteiger partial charge on any atom is 0.143 e. The van der Waals surface area contributed by atoms with Crippen molar-refractivity contribution in [2.75, 3.05) is 0 Å². The summed E-state index contributed by atoms with van der Waals surface area (Å²) >= 11 is 0. The van der Waals surface area contributed by atoms with E-state index in [1.165, 1.54) is 33.0 Å². The van der Waals surface area contributed by atoms with Gasteiger partial charge < -0.3 is 8.98 Å². The highest BCUT2D eigenvalue weighted by molar-refractivity contribution is 6.12. The predicted octanol–water partition coefficient (Wildman–Crippen LogP) is 12.2. The highest BCUT2D eigenvalue weighted by Crippen LogP contribution is 2.44. The number of aromatic nitrogens is 1. The Balaban J connectivity index is 1.28. The van der Waals surface area contributed by atoms with Gasteiger partial charge in [-0.1, -0.05) is 152 Å². The lowest BCUT2D eigenvalue weighted by molar-refractivity contribution is 0.602. The highest BCUT2D eigenvalue weighted by atomic mass is 16.3. The average molecular weight is 588 g/mol. The molecule has 0 bridgehead atoms. The second kappa shape index (κ2) is 10.8. The van der Waals surface area contributed by atoms with Crippen LogP contribution in [0.1, 0.15) is 0 Å². The first-order chi connectivity index (χ1) is 22.8. The van der Waals surface area contributed by atoms with Crippen molar-refractivity contribution in [3.8, 4) is 50.6 Å². The first kappa shape index (κ1) is 26.3. The minimum absolute atomic E-state index is 0.880. The summed E-state index contributed by atoms with van der Waals surface area (Å²) in [6.45, 7) is 0. The van der Waals surface area contributed by atoms with Crippen LogP contribution in [0.3, 0.4) is 0 Å². The third-order valence-electron chi connectivity index (χ3n) is 9.03. The van der Waals surface area contributed by atoms with Crippen molar-refractivity contribution >= 4 is 32.6 Å². The minimum atomic E-state index is 0.880. The van der Waals surface area contributed by atoms with Gasteiger partial charge in [0.05, 0.1) is 11.0 Å². The van der Waals surface area contributed by atoms with Gasteiger partial charge in [0.15, 0.2) is 0 Å². The zero-order valence-corrected chi connectivity index (χ0v) is 25.1. The van der Waals surface area contributed by atoms with Crippen molar-refractivity contribution in [1.82, 2.24) is 4.57 Å². The molecule has 0 atom stereocenters. The summed E-state index contributed by atoms with van der Waals surface area (Å²) in [4.78, 5) is 0. The number of hydrogen-bond acceptors (Lipinski definition) is 1. The fourth-order valence-electron chi connectivity index (χ4n) is 6.88. The van der Waals surface area contributed by atoms with E-state index in [1.54, 1.807) is 0 Å². The summed E-state index contributed by atoms with van der Waals surface area (Å²) in [7, 11) is 0. The van der Waals surface area contributed by atoms with Crippen LogP contribution in [-0.2, 0) is 0 Å². The van der Waals surface area contributed by atoms with Crippen molar-refractivity contribution in [2.24, 2.45) is 0 Å². The predicted molar refractivity (Wildman–Crippen MR) is 192 cm³/mol. The van der Waals surface area contributed by atoms with E-state index in [1.807, 2.05) is 0 Å². The van der Waals surface area contributed by atoms with Crippen LogP contribution < -0.4 is 0 Å². The van der Waals surface area contributed by atoms with Crippen LogP contribution in [0.5, 0.6) is 0 Å². The van der Waals surface area contributed by atoms with Gasteiger partial charge >= 0.3 is 0 Å². The van der Waals surface area contributed by atoms with Crippen molar-refractivity contribution < 1.29 is 4.42 Å². The molecule has 0 aliphatic carbocycles. The van der Waals surface area contributed by atoms with E-state index in [4.69, 9.17) is 4.42 Å². The third-order valence-corrected chi connectivity index (χ3v) is 9.03. The fourth-order valence-corrected chi connectivity index (χ4v) is 6.88. The maximum atomic E-state index is 6.94. The summed E-state index contributed by atoms with van der Waals surface area (Å²) < 4.78 is 9.32. The Kier molecular flexibility index (Phi) is 6.17. The van der Waals surface area contributed by atoms with E-state index in [0.717, 1.165) is 50.2 Å². The number of rotatable bonds is 5. The Morgan fingerprint density at radius 2 is 0.826 bits per heavy atom. The first-order valence-electron chi connectivity index (χ1n) is 15.7. The van der Waals surface area contributed by atoms with Gasteiger partial charge in [-0.3, -0.25) is 0 Å². The number of hydrogen-bond donors (Lipinski definition) is 0. The molecule has 216 valence electrons. The largest absolute Gasteiger partial charge is 0.455 e. The molecule has 0 amide bonds. The zero-order chi connectivity index (χ0) is 30.5. The molecule has 0 fully saturated rings. The molecule has 0 aliphatic rings. The lowest BCUT2D eigenvalue weighted by atomic mass is 9.96. The van der Waals surface area contributed by atoms with Crippen LogP contribution in [0, 0.1) is 0 Å². The first-order valence-corrected chi connectivity index (χ1v) is 15.7. The molecule has 2 heterocycles. The number of para-hydroxylation sites is 1. The van der Waals surface area contributed by atoms with Gasteiger partial charge in [-0.15, -0.1) is 0 Å². The molecule has 7 aromatic carbocycles. The summed E-state index contributed by atoms with van der Waals surface area (Å²) in [5.74, 6) is 1.77. The molecule has 2 heteroatoms. The molecule has 2 aromatic heterocycles. The average Bonchev–Trinajstić information content (AvgIpc) is 3.68. The normalized spacial score (nSPS) is 11.5. The summed E-state index contributed by atoms with van der Waals surface area (Å²) in [6.07, 6.45) is 0. The number of nitrogens with zero attached hydrogens (tertiary/aromatic N) is 1. The van der Waals surface area contributed by atoms with Gasteiger partial charge in [-0.25, -0.2) is 0 Å². The Bertz CT molecular complexity index is 2500. The Morgan fingerprint density at radius 3 is 1.50 bits per heavy atom. The van der Waals surface area contributed by atoms with Gasteiger partial charge in [0.2, 0.25) is 0 Å². The Morgan fingerprint density at radius 1 is 0.326 bits per heavy atom. The molecule has 0 aliphatic heterocycles. The molecule has 0 unspecified atom stereocenters. The minimum Gasteiger partial charge on any atom is -0.455 e. The van der Waals surface area contributed by atoms with Crippen molar-refractivity contribution in [1.29, 1.82) is 0 Å². The lowest BCUT2D eigenvalue weighted by Crippen LogP contribution is -1.93. The zero-order valence-electron chi connectivity index (χ0n) is 25.1. The van der Waals surface area contributed by atoms with E-state index in [-0.39, 0.29) is 0 Å². The maximum absolute atomic E-state index is 6.94. The number of benzene rings is 7. The van der Waals surface area contributed by atoms with Crippen molar-refractivity contribution in [3.63, 3.8) is 0 Å². The molecule has 46 heavy (non-hydrogen) atoms. The molecule has 2 nitrogen and oxygen atoms in total. The van der Waals surface area contributed by atoms with Gasteiger partial charge in [0.25, 0.3) is 0 Å². The molecule has 9 rings (SSSR count). The van der Waals surface area contributed by atoms with E-state index < -0.39 is 0 Å². The Hall–Kier alpha value is -6.12.